The minimum Gasteiger partial charge on any atom is -0.393 e. The number of allylic oxidation sites excluding steroid dienone is 1. The van der Waals surface area contributed by atoms with E-state index in [1.165, 1.54) is 0 Å². The van der Waals surface area contributed by atoms with Crippen LogP contribution in [0.1, 0.15) is 59.3 Å². The minimum atomic E-state index is -0.300. The zero-order valence-electron chi connectivity index (χ0n) is 16.3. The molecule has 0 aromatic rings. The van der Waals surface area contributed by atoms with Gasteiger partial charge in [-0.25, -0.2) is 0 Å². The van der Waals surface area contributed by atoms with Crippen molar-refractivity contribution < 1.29 is 19.7 Å². The molecule has 2 aliphatic carbocycles. The maximum atomic E-state index is 10.8. The summed E-state index contributed by atoms with van der Waals surface area (Å²) in [6.07, 6.45) is 8.07. The fourth-order valence-corrected chi connectivity index (χ4v) is 6.08. The maximum absolute atomic E-state index is 10.8. The van der Waals surface area contributed by atoms with E-state index in [2.05, 4.69) is 26.8 Å². The highest BCUT2D eigenvalue weighted by atomic mass is 16.7. The van der Waals surface area contributed by atoms with Crippen LogP contribution in [-0.2, 0) is 9.47 Å². The molecule has 2 N–H and O–H groups in total. The topological polar surface area (TPSA) is 58.9 Å². The van der Waals surface area contributed by atoms with Gasteiger partial charge in [0.15, 0.2) is 6.29 Å². The summed E-state index contributed by atoms with van der Waals surface area (Å²) >= 11 is 0. The zero-order chi connectivity index (χ0) is 18.2. The summed E-state index contributed by atoms with van der Waals surface area (Å²) in [7, 11) is 1.71. The Bertz CT molecular complexity index is 504. The van der Waals surface area contributed by atoms with Crippen LogP contribution >= 0.6 is 0 Å². The standard InChI is InChI=1S/C21H36O4/c1-14-17(23)11-21(3)16(12-22)6-5-7-18(21)20(14,2)9-8-15-10-19(24-4)25-13-15/h6,14-15,17-19,22-23H,5,7-13H2,1-4H3/t14-,15-,17-,18-,19-,20+,21+/m1/s1. The second-order valence-electron chi connectivity index (χ2n) is 9.14. The molecule has 0 aromatic carbocycles. The molecule has 4 heteroatoms. The Kier molecular flexibility index (Phi) is 5.65. The Morgan fingerprint density at radius 2 is 2.12 bits per heavy atom. The predicted molar refractivity (Wildman–Crippen MR) is 98.0 cm³/mol. The molecule has 1 saturated heterocycles. The van der Waals surface area contributed by atoms with Crippen LogP contribution in [-0.4, -0.2) is 42.9 Å². The van der Waals surface area contributed by atoms with E-state index in [9.17, 15) is 10.2 Å². The van der Waals surface area contributed by atoms with Crippen LogP contribution in [0, 0.1) is 28.6 Å². The largest absolute Gasteiger partial charge is 0.393 e. The third-order valence-electron chi connectivity index (χ3n) is 7.96. The quantitative estimate of drug-likeness (QED) is 0.743. The van der Waals surface area contributed by atoms with Crippen molar-refractivity contribution in [1.82, 2.24) is 0 Å². The number of rotatable bonds is 5. The summed E-state index contributed by atoms with van der Waals surface area (Å²) in [6.45, 7) is 7.79. The summed E-state index contributed by atoms with van der Waals surface area (Å²) in [6, 6.07) is 0. The molecule has 3 aliphatic rings. The van der Waals surface area contributed by atoms with Crippen molar-refractivity contribution in [1.29, 1.82) is 0 Å². The highest BCUT2D eigenvalue weighted by Gasteiger charge is 2.56. The Hall–Kier alpha value is -0.420. The second-order valence-corrected chi connectivity index (χ2v) is 9.14. The molecule has 0 amide bonds. The van der Waals surface area contributed by atoms with Crippen molar-refractivity contribution >= 4 is 0 Å². The van der Waals surface area contributed by atoms with Crippen LogP contribution in [0.25, 0.3) is 0 Å². The monoisotopic (exact) mass is 352 g/mol. The van der Waals surface area contributed by atoms with Gasteiger partial charge in [-0.1, -0.05) is 26.8 Å². The van der Waals surface area contributed by atoms with Crippen molar-refractivity contribution in [3.8, 4) is 0 Å². The molecule has 0 radical (unpaired) electrons. The van der Waals surface area contributed by atoms with Crippen molar-refractivity contribution in [2.45, 2.75) is 71.7 Å². The average Bonchev–Trinajstić information content (AvgIpc) is 3.06. The van der Waals surface area contributed by atoms with Gasteiger partial charge in [0.25, 0.3) is 0 Å². The van der Waals surface area contributed by atoms with Gasteiger partial charge in [0, 0.05) is 13.5 Å². The van der Waals surface area contributed by atoms with Crippen LogP contribution in [0.5, 0.6) is 0 Å². The Morgan fingerprint density at radius 3 is 2.76 bits per heavy atom. The van der Waals surface area contributed by atoms with E-state index < -0.39 is 0 Å². The minimum absolute atomic E-state index is 0.0453. The number of hydrogen-bond acceptors (Lipinski definition) is 4. The highest BCUT2D eigenvalue weighted by molar-refractivity contribution is 5.24. The molecule has 25 heavy (non-hydrogen) atoms. The van der Waals surface area contributed by atoms with E-state index in [-0.39, 0.29) is 35.7 Å². The number of aliphatic hydroxyl groups excluding tert-OH is 2. The maximum Gasteiger partial charge on any atom is 0.157 e. The Labute approximate surface area is 152 Å². The third kappa shape index (κ3) is 3.31. The van der Waals surface area contributed by atoms with Gasteiger partial charge >= 0.3 is 0 Å². The molecule has 1 heterocycles. The Morgan fingerprint density at radius 1 is 1.36 bits per heavy atom. The van der Waals surface area contributed by atoms with Crippen LogP contribution in [0.3, 0.4) is 0 Å². The fourth-order valence-electron chi connectivity index (χ4n) is 6.08. The predicted octanol–water partition coefficient (Wildman–Crippen LogP) is 3.52. The number of methoxy groups -OCH3 is 1. The van der Waals surface area contributed by atoms with Crippen molar-refractivity contribution in [2.75, 3.05) is 20.3 Å². The summed E-state index contributed by atoms with van der Waals surface area (Å²) in [4.78, 5) is 0. The number of fused-ring (bicyclic) bond motifs is 1. The van der Waals surface area contributed by atoms with Gasteiger partial charge in [0.2, 0.25) is 0 Å². The first-order valence-corrected chi connectivity index (χ1v) is 9.98. The first-order chi connectivity index (χ1) is 11.8. The van der Waals surface area contributed by atoms with E-state index in [4.69, 9.17) is 9.47 Å². The van der Waals surface area contributed by atoms with Gasteiger partial charge in [-0.05, 0) is 66.3 Å². The average molecular weight is 353 g/mol. The van der Waals surface area contributed by atoms with Crippen LogP contribution < -0.4 is 0 Å². The molecule has 3 rings (SSSR count). The lowest BCUT2D eigenvalue weighted by Gasteiger charge is -2.59. The normalized spacial score (nSPS) is 47.4. The summed E-state index contributed by atoms with van der Waals surface area (Å²) in [5.41, 5.74) is 1.16. The molecular formula is C21H36O4. The van der Waals surface area contributed by atoms with Gasteiger partial charge in [-0.15, -0.1) is 0 Å². The Balaban J connectivity index is 1.78. The fraction of sp³-hybridized carbons (Fsp3) is 0.905. The summed E-state index contributed by atoms with van der Waals surface area (Å²) in [5.74, 6) is 1.35. The molecule has 144 valence electrons. The third-order valence-corrected chi connectivity index (χ3v) is 7.96. The lowest BCUT2D eigenvalue weighted by Crippen LogP contribution is -2.55. The van der Waals surface area contributed by atoms with Gasteiger partial charge in [-0.2, -0.15) is 0 Å². The first kappa shape index (κ1) is 19.3. The van der Waals surface area contributed by atoms with E-state index in [1.54, 1.807) is 7.11 Å². The zero-order valence-corrected chi connectivity index (χ0v) is 16.3. The lowest BCUT2D eigenvalue weighted by atomic mass is 9.46. The second kappa shape index (κ2) is 7.30. The van der Waals surface area contributed by atoms with Crippen LogP contribution in [0.2, 0.25) is 0 Å². The first-order valence-electron chi connectivity index (χ1n) is 9.98. The van der Waals surface area contributed by atoms with Crippen molar-refractivity contribution in [3.05, 3.63) is 11.6 Å². The van der Waals surface area contributed by atoms with Gasteiger partial charge < -0.3 is 19.7 Å². The SMILES string of the molecule is CO[C@H]1C[C@@H](CC[C@@]2(C)[C@H](C)[C@H](O)C[C@@]3(C)C(CO)=CCC[C@H]23)CO1. The van der Waals surface area contributed by atoms with Crippen molar-refractivity contribution in [2.24, 2.45) is 28.6 Å². The number of hydrogen-bond donors (Lipinski definition) is 2. The van der Waals surface area contributed by atoms with E-state index >= 15 is 0 Å². The lowest BCUT2D eigenvalue weighted by molar-refractivity contribution is -0.120. The van der Waals surface area contributed by atoms with E-state index in [1.807, 2.05) is 0 Å². The highest BCUT2D eigenvalue weighted by Crippen LogP contribution is 2.62. The van der Waals surface area contributed by atoms with Crippen LogP contribution in [0.15, 0.2) is 11.6 Å². The number of aliphatic hydroxyl groups is 2. The summed E-state index contributed by atoms with van der Waals surface area (Å²) < 4.78 is 11.0. The molecule has 0 aromatic heterocycles. The van der Waals surface area contributed by atoms with Crippen LogP contribution in [0.4, 0.5) is 0 Å². The van der Waals surface area contributed by atoms with E-state index in [0.29, 0.717) is 11.8 Å². The molecule has 0 spiro atoms. The van der Waals surface area contributed by atoms with Gasteiger partial charge in [0.1, 0.15) is 0 Å². The molecule has 2 fully saturated rings. The van der Waals surface area contributed by atoms with Gasteiger partial charge in [-0.3, -0.25) is 0 Å². The molecule has 4 nitrogen and oxygen atoms in total. The van der Waals surface area contributed by atoms with Crippen molar-refractivity contribution in [3.63, 3.8) is 0 Å². The smallest absolute Gasteiger partial charge is 0.157 e. The molecule has 0 unspecified atom stereocenters. The molecule has 0 bridgehead atoms. The molecule has 7 atom stereocenters. The summed E-state index contributed by atoms with van der Waals surface area (Å²) in [5, 5.41) is 20.7. The van der Waals surface area contributed by atoms with E-state index in [0.717, 1.165) is 50.7 Å². The molecular weight excluding hydrogens is 316 g/mol. The molecule has 1 aliphatic heterocycles. The number of ether oxygens (including phenoxy) is 2. The van der Waals surface area contributed by atoms with Gasteiger partial charge in [0.05, 0.1) is 19.3 Å². The molecule has 1 saturated carbocycles.